The van der Waals surface area contributed by atoms with E-state index in [4.69, 9.17) is 0 Å². The highest BCUT2D eigenvalue weighted by Gasteiger charge is 2.14. The Kier molecular flexibility index (Phi) is 7.24. The second kappa shape index (κ2) is 12.0. The van der Waals surface area contributed by atoms with Crippen molar-refractivity contribution in [3.05, 3.63) is 188 Å². The van der Waals surface area contributed by atoms with Gasteiger partial charge in [0.2, 0.25) is 0 Å². The van der Waals surface area contributed by atoms with E-state index in [9.17, 15) is 0 Å². The molecular formula is C45H34N2. The molecule has 0 radical (unpaired) electrons. The summed E-state index contributed by atoms with van der Waals surface area (Å²) in [7, 11) is 0. The van der Waals surface area contributed by atoms with Crippen LogP contribution in [0.1, 0.15) is 12.5 Å². The molecule has 0 spiro atoms. The Balaban J connectivity index is 1.10. The molecule has 8 aromatic rings. The third-order valence-corrected chi connectivity index (χ3v) is 9.02. The van der Waals surface area contributed by atoms with Crippen molar-refractivity contribution in [2.75, 3.05) is 4.90 Å². The molecule has 1 aromatic heterocycles. The molecule has 0 saturated carbocycles. The summed E-state index contributed by atoms with van der Waals surface area (Å²) in [5.41, 5.74) is 14.0. The second-order valence-corrected chi connectivity index (χ2v) is 12.0. The molecule has 7 aromatic carbocycles. The van der Waals surface area contributed by atoms with Crippen LogP contribution in [0.15, 0.2) is 183 Å². The summed E-state index contributed by atoms with van der Waals surface area (Å²) in [6, 6.07) is 63.1. The van der Waals surface area contributed by atoms with Crippen molar-refractivity contribution in [1.29, 1.82) is 0 Å². The monoisotopic (exact) mass is 602 g/mol. The SMILES string of the molecule is C=C(C)c1ccc(-c2ccc(N(c3ccccc3)c3ccc(-c4ccc(-n5c6ccccc6c6ccccc65)cc4)cc3)cc2)cc1. The Morgan fingerprint density at radius 3 is 1.28 bits per heavy atom. The zero-order valence-electron chi connectivity index (χ0n) is 26.3. The molecule has 0 saturated heterocycles. The van der Waals surface area contributed by atoms with Crippen LogP contribution in [0.25, 0.3) is 55.3 Å². The highest BCUT2D eigenvalue weighted by Crippen LogP contribution is 2.37. The van der Waals surface area contributed by atoms with Crippen molar-refractivity contribution in [2.45, 2.75) is 6.92 Å². The van der Waals surface area contributed by atoms with Gasteiger partial charge in [0.15, 0.2) is 0 Å². The summed E-state index contributed by atoms with van der Waals surface area (Å²) in [5, 5.41) is 2.55. The van der Waals surface area contributed by atoms with Gasteiger partial charge in [0, 0.05) is 33.5 Å². The Labute approximate surface area is 276 Å². The number of nitrogens with zero attached hydrogens (tertiary/aromatic N) is 2. The molecular weight excluding hydrogens is 569 g/mol. The molecule has 224 valence electrons. The minimum atomic E-state index is 1.08. The van der Waals surface area contributed by atoms with Crippen LogP contribution >= 0.6 is 0 Å². The average Bonchev–Trinajstić information content (AvgIpc) is 3.47. The molecule has 0 unspecified atom stereocenters. The molecule has 2 heteroatoms. The number of aromatic nitrogens is 1. The third kappa shape index (κ3) is 5.30. The smallest absolute Gasteiger partial charge is 0.0541 e. The lowest BCUT2D eigenvalue weighted by atomic mass is 10.0. The van der Waals surface area contributed by atoms with Crippen molar-refractivity contribution in [1.82, 2.24) is 4.57 Å². The van der Waals surface area contributed by atoms with E-state index >= 15 is 0 Å². The van der Waals surface area contributed by atoms with Gasteiger partial charge in [0.25, 0.3) is 0 Å². The first kappa shape index (κ1) is 28.4. The third-order valence-electron chi connectivity index (χ3n) is 9.02. The molecule has 0 aliphatic rings. The van der Waals surface area contributed by atoms with Crippen LogP contribution in [0.4, 0.5) is 17.1 Å². The van der Waals surface area contributed by atoms with Crippen LogP contribution in [-0.2, 0) is 0 Å². The van der Waals surface area contributed by atoms with Gasteiger partial charge in [-0.05, 0) is 95.4 Å². The van der Waals surface area contributed by atoms with Crippen molar-refractivity contribution in [3.63, 3.8) is 0 Å². The highest BCUT2D eigenvalue weighted by atomic mass is 15.1. The van der Waals surface area contributed by atoms with Gasteiger partial charge in [-0.25, -0.2) is 0 Å². The molecule has 0 atom stereocenters. The largest absolute Gasteiger partial charge is 0.311 e. The number of fused-ring (bicyclic) bond motifs is 3. The second-order valence-electron chi connectivity index (χ2n) is 12.0. The Bertz CT molecular complexity index is 2270. The summed E-state index contributed by atoms with van der Waals surface area (Å²) in [5.74, 6) is 0. The van der Waals surface area contributed by atoms with E-state index in [1.165, 1.54) is 49.6 Å². The quantitative estimate of drug-likeness (QED) is 0.176. The van der Waals surface area contributed by atoms with Crippen LogP contribution in [0.2, 0.25) is 0 Å². The van der Waals surface area contributed by atoms with Gasteiger partial charge in [-0.15, -0.1) is 0 Å². The molecule has 1 heterocycles. The summed E-state index contributed by atoms with van der Waals surface area (Å²) >= 11 is 0. The van der Waals surface area contributed by atoms with E-state index in [1.54, 1.807) is 0 Å². The van der Waals surface area contributed by atoms with Crippen LogP contribution in [0, 0.1) is 0 Å². The molecule has 0 bridgehead atoms. The number of allylic oxidation sites excluding steroid dienone is 1. The maximum Gasteiger partial charge on any atom is 0.0541 e. The predicted molar refractivity (Wildman–Crippen MR) is 201 cm³/mol. The van der Waals surface area contributed by atoms with Gasteiger partial charge < -0.3 is 9.47 Å². The highest BCUT2D eigenvalue weighted by molar-refractivity contribution is 6.09. The fourth-order valence-electron chi connectivity index (χ4n) is 6.58. The van der Waals surface area contributed by atoms with Gasteiger partial charge in [0.05, 0.1) is 11.0 Å². The Morgan fingerprint density at radius 2 is 0.809 bits per heavy atom. The van der Waals surface area contributed by atoms with Gasteiger partial charge in [-0.2, -0.15) is 0 Å². The standard InChI is InChI=1S/C45H34N2/c1-32(2)33-16-18-34(19-17-33)35-20-26-39(27-21-35)46(38-10-4-3-5-11-38)40-28-22-36(23-29-40)37-24-30-41(31-25-37)47-44-14-8-6-12-42(44)43-13-7-9-15-45(43)47/h3-31H,1H2,2H3. The number of hydrogen-bond acceptors (Lipinski definition) is 1. The fourth-order valence-corrected chi connectivity index (χ4v) is 6.58. The minimum absolute atomic E-state index is 1.08. The van der Waals surface area contributed by atoms with Crippen molar-refractivity contribution in [2.24, 2.45) is 0 Å². The van der Waals surface area contributed by atoms with Gasteiger partial charge in [0.1, 0.15) is 0 Å². The van der Waals surface area contributed by atoms with Gasteiger partial charge in [-0.1, -0.05) is 127 Å². The lowest BCUT2D eigenvalue weighted by molar-refractivity contribution is 1.18. The lowest BCUT2D eigenvalue weighted by Gasteiger charge is -2.26. The topological polar surface area (TPSA) is 8.17 Å². The summed E-state index contributed by atoms with van der Waals surface area (Å²) in [6.45, 7) is 6.10. The maximum absolute atomic E-state index is 4.06. The summed E-state index contributed by atoms with van der Waals surface area (Å²) < 4.78 is 2.36. The van der Waals surface area contributed by atoms with Crippen molar-refractivity contribution >= 4 is 44.4 Å². The fraction of sp³-hybridized carbons (Fsp3) is 0.0222. The van der Waals surface area contributed by atoms with E-state index in [0.717, 1.165) is 28.3 Å². The van der Waals surface area contributed by atoms with E-state index in [1.807, 2.05) is 6.92 Å². The molecule has 0 fully saturated rings. The first-order valence-electron chi connectivity index (χ1n) is 16.0. The normalized spacial score (nSPS) is 11.2. The molecule has 0 N–H and O–H groups in total. The van der Waals surface area contributed by atoms with Crippen LogP contribution in [-0.4, -0.2) is 4.57 Å². The van der Waals surface area contributed by atoms with E-state index in [0.29, 0.717) is 0 Å². The molecule has 47 heavy (non-hydrogen) atoms. The zero-order valence-corrected chi connectivity index (χ0v) is 26.3. The summed E-state index contributed by atoms with van der Waals surface area (Å²) in [6.07, 6.45) is 0. The number of rotatable bonds is 7. The van der Waals surface area contributed by atoms with E-state index < -0.39 is 0 Å². The molecule has 0 aliphatic carbocycles. The van der Waals surface area contributed by atoms with E-state index in [-0.39, 0.29) is 0 Å². The molecule has 2 nitrogen and oxygen atoms in total. The van der Waals surface area contributed by atoms with Crippen molar-refractivity contribution < 1.29 is 0 Å². The first-order chi connectivity index (χ1) is 23.1. The molecule has 8 rings (SSSR count). The number of benzene rings is 7. The van der Waals surface area contributed by atoms with Gasteiger partial charge in [-0.3, -0.25) is 0 Å². The number of hydrogen-bond donors (Lipinski definition) is 0. The number of anilines is 3. The van der Waals surface area contributed by atoms with Crippen molar-refractivity contribution in [3.8, 4) is 27.9 Å². The summed E-state index contributed by atoms with van der Waals surface area (Å²) in [4.78, 5) is 2.31. The minimum Gasteiger partial charge on any atom is -0.311 e. The Hall–Kier alpha value is -6.12. The average molecular weight is 603 g/mol. The van der Waals surface area contributed by atoms with Crippen LogP contribution in [0.3, 0.4) is 0 Å². The molecule has 0 aliphatic heterocycles. The van der Waals surface area contributed by atoms with Crippen LogP contribution in [0.5, 0.6) is 0 Å². The molecule has 0 amide bonds. The predicted octanol–water partition coefficient (Wildman–Crippen LogP) is 12.6. The maximum atomic E-state index is 4.06. The first-order valence-corrected chi connectivity index (χ1v) is 16.0. The van der Waals surface area contributed by atoms with E-state index in [2.05, 4.69) is 192 Å². The van der Waals surface area contributed by atoms with Crippen LogP contribution < -0.4 is 4.90 Å². The zero-order chi connectivity index (χ0) is 31.7. The Morgan fingerprint density at radius 1 is 0.426 bits per heavy atom. The number of para-hydroxylation sites is 3. The lowest BCUT2D eigenvalue weighted by Crippen LogP contribution is -2.09. The van der Waals surface area contributed by atoms with Gasteiger partial charge >= 0.3 is 0 Å².